The molecule has 1 heterocycles. The number of aromatic nitrogens is 2. The van der Waals surface area contributed by atoms with Crippen LogP contribution in [0.2, 0.25) is 5.02 Å². The minimum atomic E-state index is -0.834. The Balaban J connectivity index is 1.32. The summed E-state index contributed by atoms with van der Waals surface area (Å²) in [5, 5.41) is 9.23. The average molecular weight is 631 g/mol. The van der Waals surface area contributed by atoms with Crippen LogP contribution in [0.25, 0.3) is 22.2 Å². The molecule has 0 saturated heterocycles. The van der Waals surface area contributed by atoms with Gasteiger partial charge in [-0.25, -0.2) is 4.79 Å². The molecule has 3 aromatic carbocycles. The van der Waals surface area contributed by atoms with Gasteiger partial charge in [0.15, 0.2) is 0 Å². The molecule has 0 bridgehead atoms. The Morgan fingerprint density at radius 1 is 0.911 bits per heavy atom. The number of anilines is 1. The second kappa shape index (κ2) is 14.1. The maximum Gasteiger partial charge on any atom is 0.323 e. The zero-order chi connectivity index (χ0) is 32.1. The molecule has 45 heavy (non-hydrogen) atoms. The number of nitrogens with two attached hydrogens (primary N) is 1. The predicted octanol–water partition coefficient (Wildman–Crippen LogP) is 4.75. The van der Waals surface area contributed by atoms with E-state index in [0.29, 0.717) is 39.8 Å². The summed E-state index contributed by atoms with van der Waals surface area (Å²) in [5.74, 6) is -0.420. The highest BCUT2D eigenvalue weighted by atomic mass is 35.5. The minimum Gasteiger partial charge on any atom is -0.350 e. The van der Waals surface area contributed by atoms with E-state index in [1.165, 1.54) is 0 Å². The number of rotatable bonds is 10. The molecule has 1 aliphatic rings. The lowest BCUT2D eigenvalue weighted by Crippen LogP contribution is -2.48. The molecule has 10 nitrogen and oxygen atoms in total. The van der Waals surface area contributed by atoms with Crippen molar-refractivity contribution in [1.82, 2.24) is 20.6 Å². The van der Waals surface area contributed by atoms with Crippen molar-refractivity contribution in [2.75, 3.05) is 11.9 Å². The van der Waals surface area contributed by atoms with E-state index in [1.54, 1.807) is 30.3 Å². The molecule has 1 fully saturated rings. The van der Waals surface area contributed by atoms with E-state index in [2.05, 4.69) is 25.9 Å². The summed E-state index contributed by atoms with van der Waals surface area (Å²) < 4.78 is 0. The maximum atomic E-state index is 13.6. The number of amides is 3. The van der Waals surface area contributed by atoms with Crippen LogP contribution < -0.4 is 27.4 Å². The van der Waals surface area contributed by atoms with Crippen molar-refractivity contribution in [2.45, 2.75) is 58.0 Å². The van der Waals surface area contributed by atoms with Gasteiger partial charge in [0.2, 0.25) is 11.8 Å². The fourth-order valence-electron chi connectivity index (χ4n) is 5.79. The zero-order valence-electron chi connectivity index (χ0n) is 25.4. The van der Waals surface area contributed by atoms with Crippen LogP contribution in [0.1, 0.15) is 55.5 Å². The summed E-state index contributed by atoms with van der Waals surface area (Å²) in [7, 11) is 0. The van der Waals surface area contributed by atoms with Crippen LogP contribution >= 0.6 is 11.6 Å². The van der Waals surface area contributed by atoms with E-state index in [1.807, 2.05) is 44.2 Å². The fraction of sp³-hybridized carbons (Fsp3) is 0.353. The van der Waals surface area contributed by atoms with Gasteiger partial charge >= 0.3 is 5.69 Å². The molecule has 1 atom stereocenters. The van der Waals surface area contributed by atoms with Crippen molar-refractivity contribution in [1.29, 1.82) is 0 Å². The lowest BCUT2D eigenvalue weighted by Gasteiger charge is -2.28. The lowest BCUT2D eigenvalue weighted by atomic mass is 9.81. The van der Waals surface area contributed by atoms with Crippen molar-refractivity contribution in [3.63, 3.8) is 0 Å². The van der Waals surface area contributed by atoms with E-state index >= 15 is 0 Å². The third kappa shape index (κ3) is 8.01. The number of fused-ring (bicyclic) bond motifs is 1. The SMILES string of the molecule is CC(C)NC(=O)c1ccc(-c2ccc(CC(NC(=O)C3CCC(CN)CC3)C(=O)Nc3ccc4[nH]c(=O)[nH]c4c3)cc2)c(Cl)c1. The number of H-pyrrole nitrogens is 2. The lowest BCUT2D eigenvalue weighted by molar-refractivity contribution is -0.130. The number of carbonyl (C=O) groups is 3. The molecule has 0 radical (unpaired) electrons. The van der Waals surface area contributed by atoms with Gasteiger partial charge in [-0.2, -0.15) is 0 Å². The Kier molecular flexibility index (Phi) is 10.0. The molecule has 4 aromatic rings. The fourth-order valence-corrected chi connectivity index (χ4v) is 6.08. The van der Waals surface area contributed by atoms with Crippen molar-refractivity contribution in [2.24, 2.45) is 17.6 Å². The first kappa shape index (κ1) is 32.0. The summed E-state index contributed by atoms with van der Waals surface area (Å²) in [6.07, 6.45) is 3.54. The van der Waals surface area contributed by atoms with Crippen LogP contribution in [0.15, 0.2) is 65.5 Å². The predicted molar refractivity (Wildman–Crippen MR) is 177 cm³/mol. The van der Waals surface area contributed by atoms with Gasteiger partial charge in [0.25, 0.3) is 5.91 Å². The average Bonchev–Trinajstić information content (AvgIpc) is 3.40. The van der Waals surface area contributed by atoms with Crippen molar-refractivity contribution < 1.29 is 14.4 Å². The maximum absolute atomic E-state index is 13.6. The number of nitrogens with one attached hydrogen (secondary N) is 5. The summed E-state index contributed by atoms with van der Waals surface area (Å²) in [6, 6.07) is 17.1. The molecule has 1 aromatic heterocycles. The first-order valence-corrected chi connectivity index (χ1v) is 15.7. The molecule has 3 amide bonds. The molecule has 1 aliphatic carbocycles. The van der Waals surface area contributed by atoms with E-state index in [4.69, 9.17) is 17.3 Å². The van der Waals surface area contributed by atoms with E-state index in [0.717, 1.165) is 42.4 Å². The van der Waals surface area contributed by atoms with Crippen molar-refractivity contribution in [3.05, 3.63) is 87.3 Å². The number of hydrogen-bond acceptors (Lipinski definition) is 5. The van der Waals surface area contributed by atoms with E-state index < -0.39 is 6.04 Å². The van der Waals surface area contributed by atoms with Crippen LogP contribution in [-0.4, -0.2) is 46.3 Å². The van der Waals surface area contributed by atoms with Crippen LogP contribution in [0.4, 0.5) is 5.69 Å². The molecular formula is C34H39ClN6O4. The number of carbonyl (C=O) groups excluding carboxylic acids is 3. The van der Waals surface area contributed by atoms with Gasteiger partial charge in [-0.1, -0.05) is 41.9 Å². The monoisotopic (exact) mass is 630 g/mol. The van der Waals surface area contributed by atoms with Crippen molar-refractivity contribution >= 4 is 46.0 Å². The summed E-state index contributed by atoms with van der Waals surface area (Å²) in [5.41, 5.74) is 10.2. The number of halogens is 1. The summed E-state index contributed by atoms with van der Waals surface area (Å²) in [4.78, 5) is 56.4. The first-order valence-electron chi connectivity index (χ1n) is 15.3. The molecule has 0 aliphatic heterocycles. The van der Waals surface area contributed by atoms with Crippen LogP contribution in [0.5, 0.6) is 0 Å². The molecule has 0 spiro atoms. The molecule has 236 valence electrons. The largest absolute Gasteiger partial charge is 0.350 e. The third-order valence-electron chi connectivity index (χ3n) is 8.32. The second-order valence-electron chi connectivity index (χ2n) is 12.1. The quantitative estimate of drug-likeness (QED) is 0.149. The molecular weight excluding hydrogens is 592 g/mol. The molecule has 1 saturated carbocycles. The first-order chi connectivity index (χ1) is 21.6. The Morgan fingerprint density at radius 2 is 1.62 bits per heavy atom. The number of aromatic amines is 2. The molecule has 5 rings (SSSR count). The Hall–Kier alpha value is -4.41. The van der Waals surface area contributed by atoms with Crippen LogP contribution in [0.3, 0.4) is 0 Å². The van der Waals surface area contributed by atoms with Gasteiger partial charge < -0.3 is 31.7 Å². The minimum absolute atomic E-state index is 0.0127. The second-order valence-corrected chi connectivity index (χ2v) is 12.5. The van der Waals surface area contributed by atoms with E-state index in [9.17, 15) is 19.2 Å². The van der Waals surface area contributed by atoms with Gasteiger partial charge in [0.1, 0.15) is 6.04 Å². The van der Waals surface area contributed by atoms with Crippen LogP contribution in [-0.2, 0) is 16.0 Å². The van der Waals surface area contributed by atoms with E-state index in [-0.39, 0.29) is 41.8 Å². The van der Waals surface area contributed by atoms with Gasteiger partial charge in [-0.3, -0.25) is 14.4 Å². The highest BCUT2D eigenvalue weighted by Crippen LogP contribution is 2.30. The third-order valence-corrected chi connectivity index (χ3v) is 8.64. The van der Waals surface area contributed by atoms with Crippen LogP contribution in [0, 0.1) is 11.8 Å². The Morgan fingerprint density at radius 3 is 2.29 bits per heavy atom. The van der Waals surface area contributed by atoms with Gasteiger partial charge in [0.05, 0.1) is 11.0 Å². The van der Waals surface area contributed by atoms with Crippen molar-refractivity contribution in [3.8, 4) is 11.1 Å². The number of hydrogen-bond donors (Lipinski definition) is 6. The number of benzene rings is 3. The normalized spacial score (nSPS) is 17.2. The summed E-state index contributed by atoms with van der Waals surface area (Å²) >= 11 is 6.57. The standard InChI is InChI=1S/C34H39ClN6O4/c1-19(2)37-32(43)24-11-13-26(27(35)16-24)22-7-3-20(4-8-22)15-30(39-31(42)23-9-5-21(18-36)6-10-23)33(44)38-25-12-14-28-29(17-25)41-34(45)40-28/h3-4,7-8,11-14,16-17,19,21,23,30H,5-6,9-10,15,18,36H2,1-2H3,(H,37,43)(H,38,44)(H,39,42)(H2,40,41,45). The molecule has 1 unspecified atom stereocenters. The highest BCUT2D eigenvalue weighted by Gasteiger charge is 2.29. The smallest absolute Gasteiger partial charge is 0.323 e. The number of imidazole rings is 1. The Bertz CT molecular complexity index is 1740. The molecule has 11 heteroatoms. The summed E-state index contributed by atoms with van der Waals surface area (Å²) in [6.45, 7) is 4.41. The van der Waals surface area contributed by atoms with Gasteiger partial charge in [-0.15, -0.1) is 0 Å². The molecule has 7 N–H and O–H groups in total. The topological polar surface area (TPSA) is 162 Å². The Labute approximate surface area is 266 Å². The highest BCUT2D eigenvalue weighted by molar-refractivity contribution is 6.33. The van der Waals surface area contributed by atoms with Gasteiger partial charge in [-0.05, 0) is 93.5 Å². The zero-order valence-corrected chi connectivity index (χ0v) is 26.2. The van der Waals surface area contributed by atoms with Gasteiger partial charge in [0, 0.05) is 40.2 Å².